The molecule has 0 fully saturated rings. The number of pyridine rings is 1. The lowest BCUT2D eigenvalue weighted by Gasteiger charge is -2.23. The van der Waals surface area contributed by atoms with Crippen molar-refractivity contribution < 1.29 is 23.8 Å². The van der Waals surface area contributed by atoms with E-state index in [1.54, 1.807) is 26.8 Å². The minimum Gasteiger partial charge on any atom is -0.506 e. The highest BCUT2D eigenvalue weighted by molar-refractivity contribution is 5.93. The van der Waals surface area contributed by atoms with E-state index in [4.69, 9.17) is 9.47 Å². The number of benzene rings is 1. The summed E-state index contributed by atoms with van der Waals surface area (Å²) in [6, 6.07) is 3.87. The second kappa shape index (κ2) is 7.59. The third kappa shape index (κ3) is 3.16. The smallest absolute Gasteiger partial charge is 0.347 e. The van der Waals surface area contributed by atoms with Crippen molar-refractivity contribution in [1.82, 2.24) is 4.57 Å². The van der Waals surface area contributed by atoms with Gasteiger partial charge in [0.2, 0.25) is 0 Å². The van der Waals surface area contributed by atoms with E-state index < -0.39 is 34.7 Å². The van der Waals surface area contributed by atoms with E-state index in [0.29, 0.717) is 0 Å². The maximum Gasteiger partial charge on any atom is 0.347 e. The first kappa shape index (κ1) is 19.5. The van der Waals surface area contributed by atoms with Gasteiger partial charge in [-0.3, -0.25) is 4.79 Å². The molecule has 2 rings (SSSR count). The summed E-state index contributed by atoms with van der Waals surface area (Å²) in [6.07, 6.45) is 0. The highest BCUT2D eigenvalue weighted by Crippen LogP contribution is 2.38. The van der Waals surface area contributed by atoms with Gasteiger partial charge in [0, 0.05) is 11.6 Å². The molecule has 0 aliphatic rings. The van der Waals surface area contributed by atoms with E-state index in [1.807, 2.05) is 0 Å². The summed E-state index contributed by atoms with van der Waals surface area (Å²) in [7, 11) is 1.39. The zero-order valence-corrected chi connectivity index (χ0v) is 15.4. The van der Waals surface area contributed by atoms with Crippen LogP contribution in [0.1, 0.15) is 42.7 Å². The van der Waals surface area contributed by atoms with Crippen LogP contribution in [0.3, 0.4) is 0 Å². The summed E-state index contributed by atoms with van der Waals surface area (Å²) in [4.78, 5) is 25.1. The Balaban J connectivity index is 2.98. The van der Waals surface area contributed by atoms with Crippen LogP contribution in [-0.4, -0.2) is 29.4 Å². The average molecular weight is 363 g/mol. The summed E-state index contributed by atoms with van der Waals surface area (Å²) < 4.78 is 26.0. The van der Waals surface area contributed by atoms with Crippen LogP contribution < -0.4 is 10.3 Å². The first-order valence-electron chi connectivity index (χ1n) is 8.24. The highest BCUT2D eigenvalue weighted by atomic mass is 19.1. The molecule has 1 N–H and O–H groups in total. The fraction of sp³-hybridized carbons (Fsp3) is 0.368. The van der Waals surface area contributed by atoms with Gasteiger partial charge in [-0.25, -0.2) is 9.18 Å². The predicted octanol–water partition coefficient (Wildman–Crippen LogP) is 3.43. The summed E-state index contributed by atoms with van der Waals surface area (Å²) in [6.45, 7) is 6.62. The number of nitrogens with zero attached hydrogens (tertiary/aromatic N) is 1. The molecule has 2 aromatic rings. The van der Waals surface area contributed by atoms with E-state index in [0.717, 1.165) is 0 Å². The molecule has 0 spiro atoms. The Labute approximate surface area is 150 Å². The molecule has 0 bridgehead atoms. The molecular formula is C19H22FNO5. The van der Waals surface area contributed by atoms with Crippen molar-refractivity contribution in [2.45, 2.75) is 33.7 Å². The van der Waals surface area contributed by atoms with Gasteiger partial charge in [0.05, 0.1) is 25.0 Å². The van der Waals surface area contributed by atoms with Gasteiger partial charge in [-0.1, -0.05) is 6.07 Å². The highest BCUT2D eigenvalue weighted by Gasteiger charge is 2.29. The number of carbonyl (C=O) groups excluding carboxylic acids is 1. The van der Waals surface area contributed by atoms with Crippen molar-refractivity contribution in [3.8, 4) is 22.8 Å². The van der Waals surface area contributed by atoms with Crippen LogP contribution in [-0.2, 0) is 4.74 Å². The van der Waals surface area contributed by atoms with Gasteiger partial charge >= 0.3 is 5.97 Å². The molecule has 26 heavy (non-hydrogen) atoms. The van der Waals surface area contributed by atoms with Gasteiger partial charge < -0.3 is 19.1 Å². The number of aromatic nitrogens is 1. The number of ether oxygens (including phenoxy) is 2. The Morgan fingerprint density at radius 2 is 2.00 bits per heavy atom. The number of carbonyl (C=O) groups is 1. The van der Waals surface area contributed by atoms with E-state index >= 15 is 0 Å². The molecule has 0 aliphatic heterocycles. The zero-order valence-electron chi connectivity index (χ0n) is 15.4. The van der Waals surface area contributed by atoms with Crippen LogP contribution in [0.5, 0.6) is 11.5 Å². The second-order valence-corrected chi connectivity index (χ2v) is 6.00. The van der Waals surface area contributed by atoms with E-state index in [2.05, 4.69) is 0 Å². The van der Waals surface area contributed by atoms with Crippen LogP contribution >= 0.6 is 0 Å². The Kier molecular flexibility index (Phi) is 5.69. The average Bonchev–Trinajstić information content (AvgIpc) is 2.58. The normalized spacial score (nSPS) is 10.9. The van der Waals surface area contributed by atoms with Gasteiger partial charge in [-0.15, -0.1) is 0 Å². The third-order valence-electron chi connectivity index (χ3n) is 4.05. The zero-order chi connectivity index (χ0) is 19.6. The van der Waals surface area contributed by atoms with E-state index in [9.17, 15) is 19.1 Å². The molecular weight excluding hydrogens is 341 g/mol. The summed E-state index contributed by atoms with van der Waals surface area (Å²) >= 11 is 0. The molecule has 0 radical (unpaired) electrons. The lowest BCUT2D eigenvalue weighted by Crippen LogP contribution is -2.31. The minimum absolute atomic E-state index is 0.0454. The predicted molar refractivity (Wildman–Crippen MR) is 95.4 cm³/mol. The van der Waals surface area contributed by atoms with Crippen LogP contribution in [0.2, 0.25) is 0 Å². The Morgan fingerprint density at radius 1 is 1.35 bits per heavy atom. The van der Waals surface area contributed by atoms with Crippen LogP contribution in [0.15, 0.2) is 23.0 Å². The molecule has 1 heterocycles. The number of aromatic hydroxyl groups is 1. The number of hydrogen-bond acceptors (Lipinski definition) is 5. The molecule has 140 valence electrons. The molecule has 0 unspecified atom stereocenters. The lowest BCUT2D eigenvalue weighted by molar-refractivity contribution is 0.0519. The summed E-state index contributed by atoms with van der Waals surface area (Å²) in [5.41, 5.74) is -0.821. The Morgan fingerprint density at radius 3 is 2.54 bits per heavy atom. The maximum absolute atomic E-state index is 14.6. The Hall–Kier alpha value is -2.83. The van der Waals surface area contributed by atoms with Gasteiger partial charge in [0.1, 0.15) is 17.3 Å². The minimum atomic E-state index is -0.917. The molecule has 1 aromatic heterocycles. The number of halogens is 1. The number of esters is 1. The monoisotopic (exact) mass is 363 g/mol. The van der Waals surface area contributed by atoms with Gasteiger partial charge in [0.25, 0.3) is 5.56 Å². The van der Waals surface area contributed by atoms with Crippen molar-refractivity contribution >= 4 is 5.97 Å². The molecule has 0 saturated carbocycles. The fourth-order valence-electron chi connectivity index (χ4n) is 2.90. The molecule has 7 heteroatoms. The van der Waals surface area contributed by atoms with E-state index in [1.165, 1.54) is 30.7 Å². The molecule has 0 saturated heterocycles. The van der Waals surface area contributed by atoms with Crippen molar-refractivity contribution in [3.63, 3.8) is 0 Å². The first-order chi connectivity index (χ1) is 12.3. The fourth-order valence-corrected chi connectivity index (χ4v) is 2.90. The largest absolute Gasteiger partial charge is 0.506 e. The first-order valence-corrected chi connectivity index (χ1v) is 8.24. The quantitative estimate of drug-likeness (QED) is 0.824. The summed E-state index contributed by atoms with van der Waals surface area (Å²) in [5.74, 6) is -1.83. The topological polar surface area (TPSA) is 77.8 Å². The third-order valence-corrected chi connectivity index (χ3v) is 4.05. The van der Waals surface area contributed by atoms with Crippen molar-refractivity contribution in [1.29, 1.82) is 0 Å². The summed E-state index contributed by atoms with van der Waals surface area (Å²) in [5, 5.41) is 10.5. The number of methoxy groups -OCH3 is 1. The molecule has 6 nitrogen and oxygen atoms in total. The van der Waals surface area contributed by atoms with Gasteiger partial charge in [-0.2, -0.15) is 0 Å². The number of hydrogen-bond donors (Lipinski definition) is 1. The van der Waals surface area contributed by atoms with Crippen molar-refractivity contribution in [2.24, 2.45) is 0 Å². The standard InChI is InChI=1S/C19H22FNO5/c1-6-26-19(24)15-17(22)11(4)16(21(10(2)3)18(15)23)14-12(20)8-7-9-13(14)25-5/h7-10,22H,6H2,1-5H3. The molecule has 0 aliphatic carbocycles. The molecule has 1 aromatic carbocycles. The van der Waals surface area contributed by atoms with Crippen molar-refractivity contribution in [3.05, 3.63) is 45.5 Å². The maximum atomic E-state index is 14.6. The van der Waals surface area contributed by atoms with E-state index in [-0.39, 0.29) is 29.2 Å². The molecule has 0 atom stereocenters. The van der Waals surface area contributed by atoms with Gasteiger partial charge in [0.15, 0.2) is 5.56 Å². The van der Waals surface area contributed by atoms with Crippen LogP contribution in [0, 0.1) is 12.7 Å². The molecule has 0 amide bonds. The SMILES string of the molecule is CCOC(=O)c1c(O)c(C)c(-c2c(F)cccc2OC)n(C(C)C)c1=O. The second-order valence-electron chi connectivity index (χ2n) is 6.00. The number of rotatable bonds is 5. The van der Waals surface area contributed by atoms with Crippen molar-refractivity contribution in [2.75, 3.05) is 13.7 Å². The van der Waals surface area contributed by atoms with Crippen LogP contribution in [0.4, 0.5) is 4.39 Å². The van der Waals surface area contributed by atoms with Gasteiger partial charge in [-0.05, 0) is 39.8 Å². The van der Waals surface area contributed by atoms with Crippen LogP contribution in [0.25, 0.3) is 11.3 Å². The lowest BCUT2D eigenvalue weighted by atomic mass is 10.00. The Bertz CT molecular complexity index is 902.